The Bertz CT molecular complexity index is 2590. The van der Waals surface area contributed by atoms with Gasteiger partial charge in [-0.05, 0) is 108 Å². The fourth-order valence-corrected chi connectivity index (χ4v) is 7.74. The SMILES string of the molecule is [3H]P([B])I.c1ccc(-n2c(-c3cc(-c4cc5ccccc5n4-c4ccccc4)cc(-c4cc5ccccc5n4-c4ccccc4)c3)cc3ccccc32)cc1. The van der Waals surface area contributed by atoms with Crippen molar-refractivity contribution in [2.45, 2.75) is 0 Å². The number of aromatic nitrogens is 3. The molecule has 0 spiro atoms. The van der Waals surface area contributed by atoms with Crippen LogP contribution in [0.4, 0.5) is 0 Å². The molecule has 0 aliphatic carbocycles. The van der Waals surface area contributed by atoms with E-state index < -0.39 is 6.05 Å². The molecule has 0 bridgehead atoms. The van der Waals surface area contributed by atoms with Gasteiger partial charge in [-0.15, -0.1) is 6.05 Å². The first-order valence-electron chi connectivity index (χ1n) is 18.3. The summed E-state index contributed by atoms with van der Waals surface area (Å²) in [6, 6.07) is 71.4. The Morgan fingerprint density at radius 3 is 0.889 bits per heavy atom. The maximum absolute atomic E-state index is 6.41. The molecule has 0 fully saturated rings. The molecule has 10 aromatic rings. The predicted octanol–water partition coefficient (Wildman–Crippen LogP) is 13.6. The molecule has 0 N–H and O–H groups in total. The van der Waals surface area contributed by atoms with Crippen LogP contribution in [0.5, 0.6) is 0 Å². The van der Waals surface area contributed by atoms with Crippen molar-refractivity contribution >= 4 is 68.4 Å². The van der Waals surface area contributed by atoms with Crippen molar-refractivity contribution in [2.24, 2.45) is 0 Å². The van der Waals surface area contributed by atoms with Crippen LogP contribution in [0, 0.1) is 0 Å². The van der Waals surface area contributed by atoms with Crippen molar-refractivity contribution in [1.29, 1.82) is 1.28 Å². The minimum atomic E-state index is -0.900. The van der Waals surface area contributed by atoms with Gasteiger partial charge in [-0.1, -0.05) is 131 Å². The second-order valence-electron chi connectivity index (χ2n) is 13.2. The average molecular weight is 824 g/mol. The molecule has 0 saturated carbocycles. The number of fused-ring (bicyclic) bond motifs is 3. The molecule has 3 nitrogen and oxygen atoms in total. The number of rotatable bonds is 6. The van der Waals surface area contributed by atoms with Crippen LogP contribution in [-0.2, 0) is 0 Å². The lowest BCUT2D eigenvalue weighted by molar-refractivity contribution is 1.12. The molecule has 10 rings (SSSR count). The number of nitrogens with zero attached hydrogens (tertiary/aromatic N) is 3. The van der Waals surface area contributed by atoms with E-state index in [0.717, 1.165) is 50.8 Å². The number of para-hydroxylation sites is 6. The Labute approximate surface area is 332 Å². The van der Waals surface area contributed by atoms with Crippen LogP contribution in [0.3, 0.4) is 0 Å². The van der Waals surface area contributed by atoms with Crippen LogP contribution in [0.15, 0.2) is 200 Å². The van der Waals surface area contributed by atoms with Gasteiger partial charge in [0.1, 0.15) is 7.57 Å². The van der Waals surface area contributed by atoms with Gasteiger partial charge in [-0.3, -0.25) is 0 Å². The summed E-state index contributed by atoms with van der Waals surface area (Å²) < 4.78 is 13.6. The standard InChI is InChI=1S/C48H33N3.BHIP/c1-4-19-40(20-5-1)49-43-25-13-10-16-34(43)31-46(49)37-28-38(47-32-35-17-11-14-26-44(35)50(47)41-21-6-2-7-22-41)30-39(29-37)48-33-36-18-12-15-27-45(36)51(48)42-23-8-3-9-24-42;1-3-2/h1-33H;3H/i;3T. The quantitative estimate of drug-likeness (QED) is 0.0901. The molecular formula is C48H34BIN3P. The topological polar surface area (TPSA) is 14.8 Å². The number of hydrogen-bond acceptors (Lipinski definition) is 0. The molecule has 0 aliphatic heterocycles. The van der Waals surface area contributed by atoms with Crippen LogP contribution in [-0.4, -0.2) is 22.5 Å². The Kier molecular flexibility index (Phi) is 9.18. The normalized spacial score (nSPS) is 12.1. The van der Waals surface area contributed by atoms with Gasteiger partial charge in [0.2, 0.25) is 0 Å². The van der Waals surface area contributed by atoms with Gasteiger partial charge < -0.3 is 13.7 Å². The van der Waals surface area contributed by atoms with E-state index >= 15 is 0 Å². The lowest BCUT2D eigenvalue weighted by Crippen LogP contribution is -2.00. The van der Waals surface area contributed by atoms with Gasteiger partial charge in [0.05, 0.1) is 34.9 Å². The highest BCUT2D eigenvalue weighted by molar-refractivity contribution is 14.2. The van der Waals surface area contributed by atoms with Crippen LogP contribution in [0.1, 0.15) is 0 Å². The Morgan fingerprint density at radius 2 is 0.611 bits per heavy atom. The van der Waals surface area contributed by atoms with E-state index in [1.165, 1.54) is 32.7 Å². The third-order valence-electron chi connectivity index (χ3n) is 10.00. The van der Waals surface area contributed by atoms with Crippen LogP contribution in [0.25, 0.3) is 83.5 Å². The highest BCUT2D eigenvalue weighted by Gasteiger charge is 2.20. The van der Waals surface area contributed by atoms with Crippen molar-refractivity contribution in [3.05, 3.63) is 200 Å². The third kappa shape index (κ3) is 6.28. The number of hydrogen-bond donors (Lipinski definition) is 0. The molecule has 256 valence electrons. The largest absolute Gasteiger partial charge is 0.309 e. The van der Waals surface area contributed by atoms with Crippen LogP contribution in [0.2, 0.25) is 0 Å². The fraction of sp³-hybridized carbons (Fsp3) is 0. The highest BCUT2D eigenvalue weighted by atomic mass is 127. The van der Waals surface area contributed by atoms with E-state index in [1.807, 2.05) is 22.0 Å². The first-order valence-corrected chi connectivity index (χ1v) is 21.6. The van der Waals surface area contributed by atoms with E-state index in [4.69, 9.17) is 8.84 Å². The first-order chi connectivity index (χ1) is 27.0. The molecule has 1 unspecified atom stereocenters. The Balaban J connectivity index is 0.000000949. The van der Waals surface area contributed by atoms with Crippen molar-refractivity contribution in [3.8, 4) is 50.8 Å². The lowest BCUT2D eigenvalue weighted by atomic mass is 9.98. The maximum Gasteiger partial charge on any atom is 0.118 e. The molecule has 7 aromatic carbocycles. The van der Waals surface area contributed by atoms with Crippen molar-refractivity contribution in [3.63, 3.8) is 0 Å². The van der Waals surface area contributed by atoms with E-state index in [9.17, 15) is 0 Å². The molecule has 3 heterocycles. The zero-order valence-electron chi connectivity index (χ0n) is 30.3. The van der Waals surface area contributed by atoms with Gasteiger partial charge in [-0.25, -0.2) is 0 Å². The van der Waals surface area contributed by atoms with Crippen LogP contribution < -0.4 is 0 Å². The summed E-state index contributed by atoms with van der Waals surface area (Å²) in [7, 11) is 4.83. The molecule has 6 heteroatoms. The van der Waals surface area contributed by atoms with Crippen molar-refractivity contribution in [2.75, 3.05) is 0 Å². The van der Waals surface area contributed by atoms with E-state index in [1.54, 1.807) is 0 Å². The van der Waals surface area contributed by atoms with Gasteiger partial charge in [0.25, 0.3) is 0 Å². The van der Waals surface area contributed by atoms with E-state index in [2.05, 4.69) is 214 Å². The highest BCUT2D eigenvalue weighted by Crippen LogP contribution is 2.41. The molecule has 0 amide bonds. The predicted molar refractivity (Wildman–Crippen MR) is 241 cm³/mol. The summed E-state index contributed by atoms with van der Waals surface area (Å²) >= 11 is 1.85. The summed E-state index contributed by atoms with van der Waals surface area (Å²) in [5, 5.41) is 3.63. The van der Waals surface area contributed by atoms with Crippen molar-refractivity contribution in [1.82, 2.24) is 13.7 Å². The minimum absolute atomic E-state index is 0.900. The average Bonchev–Trinajstić information content (AvgIpc) is 3.94. The zero-order valence-corrected chi connectivity index (χ0v) is 32.3. The number of benzene rings is 7. The summed E-state index contributed by atoms with van der Waals surface area (Å²) in [6.07, 6.45) is 0. The maximum atomic E-state index is 6.41. The second-order valence-corrected chi connectivity index (χ2v) is 15.0. The van der Waals surface area contributed by atoms with Crippen LogP contribution >= 0.6 is 28.1 Å². The Hall–Kier alpha value is -5.62. The van der Waals surface area contributed by atoms with Gasteiger partial charge in [-0.2, -0.15) is 0 Å². The Morgan fingerprint density at radius 1 is 0.370 bits per heavy atom. The molecule has 0 aliphatic rings. The minimum Gasteiger partial charge on any atom is -0.309 e. The summed E-state index contributed by atoms with van der Waals surface area (Å²) in [5.74, 6) is 0. The molecule has 2 radical (unpaired) electrons. The molecular weight excluding hydrogens is 787 g/mol. The second kappa shape index (κ2) is 15.0. The lowest BCUT2D eigenvalue weighted by Gasteiger charge is -2.17. The van der Waals surface area contributed by atoms with Crippen molar-refractivity contribution < 1.29 is 0 Å². The monoisotopic (exact) mass is 823 g/mol. The smallest absolute Gasteiger partial charge is 0.118 e. The molecule has 3 aromatic heterocycles. The van der Waals surface area contributed by atoms with Gasteiger partial charge in [0.15, 0.2) is 0 Å². The fourth-order valence-electron chi connectivity index (χ4n) is 7.74. The summed E-state index contributed by atoms with van der Waals surface area (Å²) in [6.45, 7) is 0. The van der Waals surface area contributed by atoms with E-state index in [-0.39, 0.29) is 0 Å². The summed E-state index contributed by atoms with van der Waals surface area (Å²) in [4.78, 5) is 0. The van der Waals surface area contributed by atoms with E-state index in [0.29, 0.717) is 0 Å². The summed E-state index contributed by atoms with van der Waals surface area (Å²) in [5.41, 5.74) is 13.9. The molecule has 0 saturated heterocycles. The van der Waals surface area contributed by atoms with Gasteiger partial charge >= 0.3 is 0 Å². The van der Waals surface area contributed by atoms with Gasteiger partial charge in [0, 0.05) is 33.2 Å². The molecule has 54 heavy (non-hydrogen) atoms. The number of halogens is 1. The molecule has 1 atom stereocenters. The zero-order chi connectivity index (χ0) is 37.3. The first kappa shape index (κ1) is 33.0. The third-order valence-corrected chi connectivity index (χ3v) is 10.00.